The monoisotopic (exact) mass is 732 g/mol. The average Bonchev–Trinajstić information content (AvgIpc) is 3.62. The molecule has 0 amide bonds. The fourth-order valence-electron chi connectivity index (χ4n) is 5.98. The van der Waals surface area contributed by atoms with Crippen molar-refractivity contribution in [3.8, 4) is 33.4 Å². The maximum absolute atomic E-state index is 2.34. The summed E-state index contributed by atoms with van der Waals surface area (Å²) in [5, 5.41) is 5.39. The van der Waals surface area contributed by atoms with Crippen LogP contribution in [-0.2, 0) is 23.3 Å². The number of halogens is 2. The quantitative estimate of drug-likeness (QED) is 0.151. The van der Waals surface area contributed by atoms with Crippen molar-refractivity contribution in [3.05, 3.63) is 156 Å². The molecule has 4 heteroatoms. The van der Waals surface area contributed by atoms with Gasteiger partial charge in [-0.15, -0.1) is 68.6 Å². The Kier molecular flexibility index (Phi) is 14.0. The molecule has 0 bridgehead atoms. The number of fused-ring (bicyclic) bond motifs is 2. The third kappa shape index (κ3) is 8.87. The molecule has 0 unspecified atom stereocenters. The van der Waals surface area contributed by atoms with Crippen LogP contribution in [0.15, 0.2) is 133 Å². The predicted molar refractivity (Wildman–Crippen MR) is 192 cm³/mol. The van der Waals surface area contributed by atoms with Gasteiger partial charge in [-0.05, 0) is 25.0 Å². The van der Waals surface area contributed by atoms with Crippen LogP contribution in [0.25, 0.3) is 54.9 Å². The van der Waals surface area contributed by atoms with Crippen molar-refractivity contribution < 1.29 is 48.1 Å². The van der Waals surface area contributed by atoms with Gasteiger partial charge in [0.15, 0.2) is 0 Å². The molecular formula is C42H40Cl2SiZr-2. The van der Waals surface area contributed by atoms with Gasteiger partial charge in [-0.25, -0.2) is 0 Å². The van der Waals surface area contributed by atoms with Crippen molar-refractivity contribution in [1.82, 2.24) is 0 Å². The van der Waals surface area contributed by atoms with Gasteiger partial charge in [0.25, 0.3) is 0 Å². The van der Waals surface area contributed by atoms with Gasteiger partial charge < -0.3 is 24.8 Å². The maximum atomic E-state index is 2.34. The molecule has 0 heterocycles. The summed E-state index contributed by atoms with van der Waals surface area (Å²) in [7, 11) is 0. The SMILES string of the molecule is C[Si](C)=[Zr+2].Cc1cc2c(-c3ccccc3)ccc(C)c2[cH-]1.Cc1cccc(C)c1-c1cc2c(-c3ccccc3)cccc2[cH-]1.[Cl-].[Cl-]. The van der Waals surface area contributed by atoms with E-state index in [0.717, 1.165) is 0 Å². The molecular weight excluding hydrogens is 695 g/mol. The van der Waals surface area contributed by atoms with E-state index in [1.165, 1.54) is 77.2 Å². The van der Waals surface area contributed by atoms with Gasteiger partial charge in [-0.1, -0.05) is 139 Å². The van der Waals surface area contributed by atoms with Crippen LogP contribution in [0.1, 0.15) is 22.3 Å². The second-order valence-corrected chi connectivity index (χ2v) is 21.2. The molecule has 0 aliphatic rings. The minimum Gasteiger partial charge on any atom is -1.00 e. The van der Waals surface area contributed by atoms with Crippen molar-refractivity contribution >= 4 is 27.0 Å². The normalized spacial score (nSPS) is 10.2. The van der Waals surface area contributed by atoms with Gasteiger partial charge in [0, 0.05) is 0 Å². The van der Waals surface area contributed by atoms with Crippen molar-refractivity contribution in [2.24, 2.45) is 0 Å². The van der Waals surface area contributed by atoms with Crippen LogP contribution < -0.4 is 24.8 Å². The number of rotatable bonds is 3. The molecule has 0 atom stereocenters. The van der Waals surface area contributed by atoms with Gasteiger partial charge in [0.2, 0.25) is 0 Å². The molecule has 0 saturated carbocycles. The molecule has 7 aromatic carbocycles. The Morgan fingerprint density at radius 3 is 1.61 bits per heavy atom. The summed E-state index contributed by atoms with van der Waals surface area (Å²) in [5.74, 6) is 0. The molecule has 232 valence electrons. The molecule has 46 heavy (non-hydrogen) atoms. The average molecular weight is 735 g/mol. The molecule has 0 aromatic heterocycles. The standard InChI is InChI=1S/C23H19.C17H15.C2H6Si.2ClH.Zr/c1-16-8-6-9-17(2)23(16)20-14-19-12-7-13-21(22(19)15-20)18-10-4-3-5-11-18;1-12-10-16-13(2)8-9-15(17(16)11-12)14-6-4-3-5-7-14;1-3-2;;;/h3-15H,1-2H3;3-11H,1-2H3;1-2H3;2*1H;/q2*-1;;;;+2/p-2. The zero-order chi connectivity index (χ0) is 31.2. The first-order valence-corrected chi connectivity index (χ1v) is 21.5. The van der Waals surface area contributed by atoms with E-state index in [1.807, 2.05) is 0 Å². The van der Waals surface area contributed by atoms with Crippen LogP contribution in [-0.4, -0.2) is 5.43 Å². The van der Waals surface area contributed by atoms with Gasteiger partial charge >= 0.3 is 41.9 Å². The number of hydrogen-bond donors (Lipinski definition) is 0. The topological polar surface area (TPSA) is 0 Å². The Morgan fingerprint density at radius 2 is 1.04 bits per heavy atom. The van der Waals surface area contributed by atoms with Crippen LogP contribution in [0, 0.1) is 27.7 Å². The van der Waals surface area contributed by atoms with Gasteiger partial charge in [0.05, 0.1) is 0 Å². The first-order chi connectivity index (χ1) is 21.2. The third-order valence-electron chi connectivity index (χ3n) is 7.94. The van der Waals surface area contributed by atoms with E-state index in [4.69, 9.17) is 0 Å². The van der Waals surface area contributed by atoms with Gasteiger partial charge in [-0.3, -0.25) is 0 Å². The van der Waals surface area contributed by atoms with Crippen molar-refractivity contribution in [2.75, 3.05) is 0 Å². The predicted octanol–water partition coefficient (Wildman–Crippen LogP) is 6.14. The molecule has 0 spiro atoms. The number of aryl methyl sites for hydroxylation is 4. The van der Waals surface area contributed by atoms with Crippen molar-refractivity contribution in [3.63, 3.8) is 0 Å². The molecule has 0 N–H and O–H groups in total. The first kappa shape index (κ1) is 37.5. The van der Waals surface area contributed by atoms with E-state index in [0.29, 0.717) is 0 Å². The maximum Gasteiger partial charge on any atom is -0.0259 e. The van der Waals surface area contributed by atoms with Gasteiger partial charge in [0.1, 0.15) is 0 Å². The first-order valence-electron chi connectivity index (χ1n) is 15.3. The minimum atomic E-state index is 0. The Bertz CT molecular complexity index is 2010. The smallest absolute Gasteiger partial charge is 0.0259 e. The summed E-state index contributed by atoms with van der Waals surface area (Å²) >= 11 is 1.74. The summed E-state index contributed by atoms with van der Waals surface area (Å²) in [5.41, 5.74) is 13.5. The van der Waals surface area contributed by atoms with Crippen LogP contribution in [0.4, 0.5) is 0 Å². The Balaban J connectivity index is 0.000000223. The molecule has 0 aliphatic heterocycles. The van der Waals surface area contributed by atoms with Crippen LogP contribution >= 0.6 is 0 Å². The summed E-state index contributed by atoms with van der Waals surface area (Å²) in [6.07, 6.45) is 0. The molecule has 0 fully saturated rings. The molecule has 0 saturated heterocycles. The third-order valence-corrected chi connectivity index (χ3v) is 7.94. The minimum absolute atomic E-state index is 0. The zero-order valence-electron chi connectivity index (χ0n) is 27.5. The van der Waals surface area contributed by atoms with Crippen molar-refractivity contribution in [2.45, 2.75) is 40.8 Å². The summed E-state index contributed by atoms with van der Waals surface area (Å²) in [4.78, 5) is 0. The molecule has 0 aliphatic carbocycles. The molecule has 0 radical (unpaired) electrons. The largest absolute Gasteiger partial charge is 1.00 e. The van der Waals surface area contributed by atoms with E-state index in [9.17, 15) is 0 Å². The second-order valence-electron chi connectivity index (χ2n) is 11.8. The Hall–Kier alpha value is -3.00. The fraction of sp³-hybridized carbons (Fsp3) is 0.143. The summed E-state index contributed by atoms with van der Waals surface area (Å²) < 4.78 is 0. The number of hydrogen-bond acceptors (Lipinski definition) is 0. The molecule has 7 rings (SSSR count). The van der Waals surface area contributed by atoms with Crippen molar-refractivity contribution in [1.29, 1.82) is 0 Å². The number of benzene rings is 5. The molecule has 0 nitrogen and oxygen atoms in total. The van der Waals surface area contributed by atoms with E-state index in [1.54, 1.807) is 23.3 Å². The van der Waals surface area contributed by atoms with E-state index in [2.05, 4.69) is 174 Å². The molecule has 7 aromatic rings. The summed E-state index contributed by atoms with van der Waals surface area (Å²) in [6, 6.07) is 48.0. The van der Waals surface area contributed by atoms with E-state index < -0.39 is 0 Å². The van der Waals surface area contributed by atoms with Gasteiger partial charge in [-0.2, -0.15) is 6.07 Å². The fourth-order valence-corrected chi connectivity index (χ4v) is 5.98. The summed E-state index contributed by atoms with van der Waals surface area (Å²) in [6.45, 7) is 13.3. The van der Waals surface area contributed by atoms with E-state index >= 15 is 0 Å². The van der Waals surface area contributed by atoms with Crippen LogP contribution in [0.3, 0.4) is 0 Å². The zero-order valence-corrected chi connectivity index (χ0v) is 32.4. The Morgan fingerprint density at radius 1 is 0.522 bits per heavy atom. The van der Waals surface area contributed by atoms with Crippen LogP contribution in [0.5, 0.6) is 0 Å². The van der Waals surface area contributed by atoms with Crippen LogP contribution in [0.2, 0.25) is 13.1 Å². The van der Waals surface area contributed by atoms with E-state index in [-0.39, 0.29) is 30.2 Å². The second kappa shape index (κ2) is 17.2. The Labute approximate surface area is 302 Å².